The summed E-state index contributed by atoms with van der Waals surface area (Å²) in [5.41, 5.74) is 2.78. The lowest BCUT2D eigenvalue weighted by Crippen LogP contribution is -2.50. The van der Waals surface area contributed by atoms with Crippen LogP contribution in [0.3, 0.4) is 0 Å². The summed E-state index contributed by atoms with van der Waals surface area (Å²) in [6.07, 6.45) is 0. The van der Waals surface area contributed by atoms with Crippen molar-refractivity contribution >= 4 is 68.1 Å². The molecule has 0 spiro atoms. The molecule has 1 saturated heterocycles. The van der Waals surface area contributed by atoms with E-state index in [2.05, 4.69) is 15.5 Å². The number of piperazine rings is 1. The third-order valence-corrected chi connectivity index (χ3v) is 7.38. The van der Waals surface area contributed by atoms with Crippen LogP contribution in [0.2, 0.25) is 10.0 Å². The van der Waals surface area contributed by atoms with Crippen LogP contribution in [0.1, 0.15) is 5.56 Å². The number of anilines is 3. The number of halogens is 2. The van der Waals surface area contributed by atoms with Gasteiger partial charge in [-0.15, -0.1) is 11.3 Å². The van der Waals surface area contributed by atoms with Gasteiger partial charge in [-0.05, 0) is 41.3 Å². The van der Waals surface area contributed by atoms with Gasteiger partial charge in [0.1, 0.15) is 5.82 Å². The standard InChI is InChI=1S/C25H24Cl2N6OS/c26-18-7-6-17(20(27)14-18)15-29-24-23-21(8-13-35-23)30-25(31-24)33-11-9-32(10-12-33)22(34)16-28-19-4-2-1-3-5-19/h1-8,13-14,28H,9-12,15-16H2,(H,29,30,31). The number of para-hydroxylation sites is 1. The molecule has 35 heavy (non-hydrogen) atoms. The fraction of sp³-hybridized carbons (Fsp3) is 0.240. The predicted molar refractivity (Wildman–Crippen MR) is 145 cm³/mol. The summed E-state index contributed by atoms with van der Waals surface area (Å²) in [5.74, 6) is 1.52. The van der Waals surface area contributed by atoms with E-state index in [0.29, 0.717) is 48.7 Å². The van der Waals surface area contributed by atoms with Gasteiger partial charge in [-0.1, -0.05) is 47.5 Å². The third-order valence-electron chi connectivity index (χ3n) is 5.89. The van der Waals surface area contributed by atoms with Gasteiger partial charge in [-0.2, -0.15) is 4.98 Å². The number of hydrogen-bond donors (Lipinski definition) is 2. The number of thiophene rings is 1. The lowest BCUT2D eigenvalue weighted by molar-refractivity contribution is -0.129. The van der Waals surface area contributed by atoms with E-state index < -0.39 is 0 Å². The van der Waals surface area contributed by atoms with Crippen LogP contribution in [0, 0.1) is 0 Å². The van der Waals surface area contributed by atoms with Crippen molar-refractivity contribution in [2.24, 2.45) is 0 Å². The number of amides is 1. The Balaban J connectivity index is 1.23. The number of nitrogens with one attached hydrogen (secondary N) is 2. The van der Waals surface area contributed by atoms with E-state index in [0.717, 1.165) is 27.3 Å². The molecule has 7 nitrogen and oxygen atoms in total. The zero-order valence-corrected chi connectivity index (χ0v) is 21.2. The number of nitrogens with zero attached hydrogens (tertiary/aromatic N) is 4. The molecule has 2 aromatic heterocycles. The summed E-state index contributed by atoms with van der Waals surface area (Å²) < 4.78 is 1.000. The van der Waals surface area contributed by atoms with E-state index in [4.69, 9.17) is 33.2 Å². The van der Waals surface area contributed by atoms with Crippen LogP contribution >= 0.6 is 34.5 Å². The van der Waals surface area contributed by atoms with E-state index in [-0.39, 0.29) is 12.5 Å². The molecular formula is C25H24Cl2N6OS. The third kappa shape index (κ3) is 5.61. The second-order valence-corrected chi connectivity index (χ2v) is 9.94. The van der Waals surface area contributed by atoms with Gasteiger partial charge in [-0.25, -0.2) is 4.98 Å². The van der Waals surface area contributed by atoms with Crippen molar-refractivity contribution in [2.75, 3.05) is 48.3 Å². The largest absolute Gasteiger partial charge is 0.376 e. The van der Waals surface area contributed by atoms with Gasteiger partial charge in [0.15, 0.2) is 0 Å². The SMILES string of the molecule is O=C(CNc1ccccc1)N1CCN(c2nc(NCc3ccc(Cl)cc3Cl)c3sccc3n2)CC1. The number of rotatable bonds is 7. The first kappa shape index (κ1) is 23.7. The van der Waals surface area contributed by atoms with Crippen LogP contribution in [0.15, 0.2) is 60.0 Å². The van der Waals surface area contributed by atoms with Gasteiger partial charge >= 0.3 is 0 Å². The molecular weight excluding hydrogens is 503 g/mol. The Morgan fingerprint density at radius 3 is 2.54 bits per heavy atom. The van der Waals surface area contributed by atoms with Gasteiger partial charge in [0.05, 0.1) is 16.8 Å². The first-order chi connectivity index (χ1) is 17.1. The van der Waals surface area contributed by atoms with Crippen molar-refractivity contribution in [3.8, 4) is 0 Å². The lowest BCUT2D eigenvalue weighted by atomic mass is 10.2. The highest BCUT2D eigenvalue weighted by molar-refractivity contribution is 7.17. The second-order valence-electron chi connectivity index (χ2n) is 8.18. The Kier molecular flexibility index (Phi) is 7.22. The zero-order chi connectivity index (χ0) is 24.2. The maximum Gasteiger partial charge on any atom is 0.241 e. The van der Waals surface area contributed by atoms with Crippen molar-refractivity contribution in [1.82, 2.24) is 14.9 Å². The van der Waals surface area contributed by atoms with E-state index in [1.165, 1.54) is 0 Å². The molecule has 0 saturated carbocycles. The minimum atomic E-state index is 0.0879. The van der Waals surface area contributed by atoms with Gasteiger partial charge in [0.25, 0.3) is 0 Å². The first-order valence-corrected chi connectivity index (χ1v) is 12.9. The molecule has 1 amide bonds. The second kappa shape index (κ2) is 10.7. The molecule has 2 N–H and O–H groups in total. The highest BCUT2D eigenvalue weighted by Crippen LogP contribution is 2.30. The van der Waals surface area contributed by atoms with Gasteiger partial charge in [0.2, 0.25) is 11.9 Å². The summed E-state index contributed by atoms with van der Waals surface area (Å²) in [5, 5.41) is 9.85. The summed E-state index contributed by atoms with van der Waals surface area (Å²) in [6, 6.07) is 17.2. The Labute approximate surface area is 217 Å². The molecule has 180 valence electrons. The minimum absolute atomic E-state index is 0.0879. The predicted octanol–water partition coefficient (Wildman–Crippen LogP) is 5.37. The average Bonchev–Trinajstić information content (AvgIpc) is 3.36. The number of carbonyl (C=O) groups is 1. The molecule has 5 rings (SSSR count). The number of aromatic nitrogens is 2. The molecule has 0 bridgehead atoms. The minimum Gasteiger partial charge on any atom is -0.376 e. The van der Waals surface area contributed by atoms with E-state index in [1.54, 1.807) is 17.4 Å². The Bertz CT molecular complexity index is 1320. The molecule has 4 aromatic rings. The molecule has 1 aliphatic rings. The van der Waals surface area contributed by atoms with Crippen molar-refractivity contribution < 1.29 is 4.79 Å². The Hall–Kier alpha value is -3.07. The topological polar surface area (TPSA) is 73.4 Å². The van der Waals surface area contributed by atoms with Crippen LogP contribution in [-0.2, 0) is 11.3 Å². The molecule has 0 unspecified atom stereocenters. The van der Waals surface area contributed by atoms with Crippen molar-refractivity contribution in [1.29, 1.82) is 0 Å². The van der Waals surface area contributed by atoms with Crippen molar-refractivity contribution in [3.05, 3.63) is 75.6 Å². The molecule has 1 fully saturated rings. The van der Waals surface area contributed by atoms with Crippen LogP contribution in [-0.4, -0.2) is 53.5 Å². The summed E-state index contributed by atoms with van der Waals surface area (Å²) >= 11 is 14.0. The van der Waals surface area contributed by atoms with Crippen LogP contribution in [0.25, 0.3) is 10.2 Å². The van der Waals surface area contributed by atoms with Crippen LogP contribution in [0.4, 0.5) is 17.5 Å². The van der Waals surface area contributed by atoms with E-state index in [9.17, 15) is 4.79 Å². The summed E-state index contributed by atoms with van der Waals surface area (Å²) in [4.78, 5) is 26.3. The summed E-state index contributed by atoms with van der Waals surface area (Å²) in [6.45, 7) is 3.41. The van der Waals surface area contributed by atoms with Crippen LogP contribution < -0.4 is 15.5 Å². The van der Waals surface area contributed by atoms with Crippen LogP contribution in [0.5, 0.6) is 0 Å². The van der Waals surface area contributed by atoms with Crippen molar-refractivity contribution in [3.63, 3.8) is 0 Å². The quantitative estimate of drug-likeness (QED) is 0.337. The monoisotopic (exact) mass is 526 g/mol. The number of fused-ring (bicyclic) bond motifs is 1. The number of hydrogen-bond acceptors (Lipinski definition) is 7. The Morgan fingerprint density at radius 1 is 0.971 bits per heavy atom. The van der Waals surface area contributed by atoms with Gasteiger partial charge < -0.3 is 20.4 Å². The smallest absolute Gasteiger partial charge is 0.241 e. The van der Waals surface area contributed by atoms with E-state index in [1.807, 2.05) is 58.8 Å². The molecule has 2 aromatic carbocycles. The number of carbonyl (C=O) groups excluding carboxylic acids is 1. The molecule has 10 heteroatoms. The fourth-order valence-corrected chi connectivity index (χ4v) is 5.23. The molecule has 3 heterocycles. The molecule has 1 aliphatic heterocycles. The zero-order valence-electron chi connectivity index (χ0n) is 18.9. The maximum atomic E-state index is 12.7. The molecule has 0 radical (unpaired) electrons. The van der Waals surface area contributed by atoms with Gasteiger partial charge in [0, 0.05) is 48.5 Å². The van der Waals surface area contributed by atoms with Crippen molar-refractivity contribution in [2.45, 2.75) is 6.54 Å². The summed E-state index contributed by atoms with van der Waals surface area (Å²) in [7, 11) is 0. The normalized spacial score (nSPS) is 13.8. The first-order valence-electron chi connectivity index (χ1n) is 11.3. The number of benzene rings is 2. The fourth-order valence-electron chi connectivity index (χ4n) is 3.96. The highest BCUT2D eigenvalue weighted by atomic mass is 35.5. The average molecular weight is 527 g/mol. The Morgan fingerprint density at radius 2 is 1.77 bits per heavy atom. The molecule has 0 aliphatic carbocycles. The maximum absolute atomic E-state index is 12.7. The van der Waals surface area contributed by atoms with Gasteiger partial charge in [-0.3, -0.25) is 4.79 Å². The van der Waals surface area contributed by atoms with E-state index >= 15 is 0 Å². The lowest BCUT2D eigenvalue weighted by Gasteiger charge is -2.35. The highest BCUT2D eigenvalue weighted by Gasteiger charge is 2.23. The molecule has 0 atom stereocenters.